The number of hydrogen-bond acceptors (Lipinski definition) is 4. The van der Waals surface area contributed by atoms with Crippen LogP contribution < -0.4 is 10.2 Å². The first kappa shape index (κ1) is 14.3. The third kappa shape index (κ3) is 1.91. The molecule has 0 amide bonds. The molecule has 2 aliphatic rings. The lowest BCUT2D eigenvalue weighted by molar-refractivity contribution is 0.329. The van der Waals surface area contributed by atoms with Crippen LogP contribution in [0.15, 0.2) is 36.8 Å². The fourth-order valence-electron chi connectivity index (χ4n) is 4.31. The standard InChI is InChI=1S/C18H18ClN5/c19-13-2-1-3-14-15(13)18(5-8-20-9-6-18)10-24(14)17-12-4-7-21-16(12)22-11-23-17/h1-4,7,11,20H,5-6,8-10H2,(H,21,22,23). The van der Waals surface area contributed by atoms with E-state index in [0.29, 0.717) is 0 Å². The highest BCUT2D eigenvalue weighted by atomic mass is 35.5. The van der Waals surface area contributed by atoms with Crippen molar-refractivity contribution in [2.75, 3.05) is 24.5 Å². The number of nitrogens with zero attached hydrogens (tertiary/aromatic N) is 3. The van der Waals surface area contributed by atoms with Gasteiger partial charge in [0.1, 0.15) is 17.8 Å². The largest absolute Gasteiger partial charge is 0.346 e. The molecule has 2 aliphatic heterocycles. The summed E-state index contributed by atoms with van der Waals surface area (Å²) in [5.74, 6) is 0.958. The van der Waals surface area contributed by atoms with Crippen LogP contribution in [0, 0.1) is 0 Å². The van der Waals surface area contributed by atoms with Gasteiger partial charge in [0.2, 0.25) is 0 Å². The summed E-state index contributed by atoms with van der Waals surface area (Å²) >= 11 is 6.66. The molecule has 1 aromatic carbocycles. The number of fused-ring (bicyclic) bond motifs is 3. The van der Waals surface area contributed by atoms with Gasteiger partial charge in [0, 0.05) is 34.4 Å². The molecule has 0 unspecified atom stereocenters. The van der Waals surface area contributed by atoms with Crippen molar-refractivity contribution in [3.63, 3.8) is 0 Å². The van der Waals surface area contributed by atoms with Crippen LogP contribution in [0.25, 0.3) is 11.0 Å². The van der Waals surface area contributed by atoms with E-state index < -0.39 is 0 Å². The van der Waals surface area contributed by atoms with Gasteiger partial charge in [-0.15, -0.1) is 0 Å². The van der Waals surface area contributed by atoms with E-state index >= 15 is 0 Å². The lowest BCUT2D eigenvalue weighted by atomic mass is 9.75. The lowest BCUT2D eigenvalue weighted by Crippen LogP contribution is -2.42. The van der Waals surface area contributed by atoms with Gasteiger partial charge in [0.05, 0.1) is 5.39 Å². The third-order valence-electron chi connectivity index (χ3n) is 5.42. The minimum Gasteiger partial charge on any atom is -0.346 e. The Bertz CT molecular complexity index is 913. The molecule has 3 aromatic rings. The van der Waals surface area contributed by atoms with E-state index in [0.717, 1.165) is 54.3 Å². The van der Waals surface area contributed by atoms with Gasteiger partial charge in [0.15, 0.2) is 0 Å². The summed E-state index contributed by atoms with van der Waals surface area (Å²) in [6.45, 7) is 2.98. The van der Waals surface area contributed by atoms with Crippen LogP contribution >= 0.6 is 11.6 Å². The first-order chi connectivity index (χ1) is 11.8. The molecular formula is C18H18ClN5. The summed E-state index contributed by atoms with van der Waals surface area (Å²) in [6.07, 6.45) is 5.74. The molecule has 4 heterocycles. The quantitative estimate of drug-likeness (QED) is 0.713. The summed E-state index contributed by atoms with van der Waals surface area (Å²) in [5.41, 5.74) is 3.45. The van der Waals surface area contributed by atoms with E-state index in [2.05, 4.69) is 31.2 Å². The van der Waals surface area contributed by atoms with Gasteiger partial charge in [-0.3, -0.25) is 0 Å². The Morgan fingerprint density at radius 3 is 2.88 bits per heavy atom. The van der Waals surface area contributed by atoms with E-state index in [1.54, 1.807) is 6.33 Å². The van der Waals surface area contributed by atoms with Crippen molar-refractivity contribution in [3.05, 3.63) is 47.4 Å². The van der Waals surface area contributed by atoms with Gasteiger partial charge in [-0.05, 0) is 44.1 Å². The molecule has 24 heavy (non-hydrogen) atoms. The van der Waals surface area contributed by atoms with Crippen molar-refractivity contribution in [1.82, 2.24) is 20.3 Å². The maximum absolute atomic E-state index is 6.66. The second kappa shape index (κ2) is 5.19. The number of benzene rings is 1. The maximum Gasteiger partial charge on any atom is 0.145 e. The van der Waals surface area contributed by atoms with E-state index in [1.165, 1.54) is 11.3 Å². The second-order valence-corrected chi connectivity index (χ2v) is 7.09. The molecule has 1 spiro atoms. The smallest absolute Gasteiger partial charge is 0.145 e. The molecule has 0 aliphatic carbocycles. The molecule has 0 atom stereocenters. The summed E-state index contributed by atoms with van der Waals surface area (Å²) in [6, 6.07) is 8.25. The monoisotopic (exact) mass is 339 g/mol. The Labute approximate surface area is 145 Å². The fraction of sp³-hybridized carbons (Fsp3) is 0.333. The van der Waals surface area contributed by atoms with Crippen molar-refractivity contribution in [3.8, 4) is 0 Å². The van der Waals surface area contributed by atoms with Crippen molar-refractivity contribution in [2.24, 2.45) is 0 Å². The lowest BCUT2D eigenvalue weighted by Gasteiger charge is -2.35. The molecule has 1 saturated heterocycles. The fourth-order valence-corrected chi connectivity index (χ4v) is 4.68. The first-order valence-corrected chi connectivity index (χ1v) is 8.72. The number of anilines is 2. The first-order valence-electron chi connectivity index (χ1n) is 8.34. The Morgan fingerprint density at radius 2 is 2.00 bits per heavy atom. The molecule has 2 aromatic heterocycles. The molecular weight excluding hydrogens is 322 g/mol. The van der Waals surface area contributed by atoms with E-state index in [9.17, 15) is 0 Å². The number of halogens is 1. The number of hydrogen-bond donors (Lipinski definition) is 2. The molecule has 5 rings (SSSR count). The highest BCUT2D eigenvalue weighted by Gasteiger charge is 2.45. The van der Waals surface area contributed by atoms with Crippen LogP contribution in [-0.2, 0) is 5.41 Å². The average molecular weight is 340 g/mol. The minimum absolute atomic E-state index is 0.104. The van der Waals surface area contributed by atoms with Gasteiger partial charge in [-0.1, -0.05) is 17.7 Å². The number of aromatic amines is 1. The second-order valence-electron chi connectivity index (χ2n) is 6.69. The Hall–Kier alpha value is -2.11. The van der Waals surface area contributed by atoms with Crippen LogP contribution in [0.3, 0.4) is 0 Å². The van der Waals surface area contributed by atoms with Crippen LogP contribution in [0.1, 0.15) is 18.4 Å². The van der Waals surface area contributed by atoms with Crippen LogP contribution in [0.4, 0.5) is 11.5 Å². The van der Waals surface area contributed by atoms with Gasteiger partial charge in [-0.2, -0.15) is 0 Å². The van der Waals surface area contributed by atoms with Crippen LogP contribution in [-0.4, -0.2) is 34.6 Å². The summed E-state index contributed by atoms with van der Waals surface area (Å²) in [5, 5.41) is 5.40. The van der Waals surface area contributed by atoms with Crippen molar-refractivity contribution in [1.29, 1.82) is 0 Å². The molecule has 0 saturated carbocycles. The van der Waals surface area contributed by atoms with Crippen molar-refractivity contribution >= 4 is 34.1 Å². The number of rotatable bonds is 1. The zero-order chi connectivity index (χ0) is 16.1. The van der Waals surface area contributed by atoms with Gasteiger partial charge in [-0.25, -0.2) is 9.97 Å². The highest BCUT2D eigenvalue weighted by Crippen LogP contribution is 2.51. The Balaban J connectivity index is 1.72. The zero-order valence-electron chi connectivity index (χ0n) is 13.2. The number of piperidine rings is 1. The summed E-state index contributed by atoms with van der Waals surface area (Å²) in [7, 11) is 0. The summed E-state index contributed by atoms with van der Waals surface area (Å²) < 4.78 is 0. The molecule has 0 bridgehead atoms. The topological polar surface area (TPSA) is 56.8 Å². The predicted octanol–water partition coefficient (Wildman–Crippen LogP) is 3.38. The number of nitrogens with one attached hydrogen (secondary N) is 2. The van der Waals surface area contributed by atoms with E-state index in [4.69, 9.17) is 11.6 Å². The highest BCUT2D eigenvalue weighted by molar-refractivity contribution is 6.32. The SMILES string of the molecule is Clc1cccc2c1C1(CCNCC1)CN2c1ncnc2[nH]ccc12. The molecule has 6 heteroatoms. The van der Waals surface area contributed by atoms with E-state index in [1.807, 2.05) is 24.4 Å². The predicted molar refractivity (Wildman–Crippen MR) is 96.1 cm³/mol. The molecule has 0 radical (unpaired) electrons. The van der Waals surface area contributed by atoms with E-state index in [-0.39, 0.29) is 5.41 Å². The number of aromatic nitrogens is 3. The third-order valence-corrected chi connectivity index (χ3v) is 5.74. The van der Waals surface area contributed by atoms with Crippen molar-refractivity contribution in [2.45, 2.75) is 18.3 Å². The zero-order valence-corrected chi connectivity index (χ0v) is 14.0. The number of H-pyrrole nitrogens is 1. The van der Waals surface area contributed by atoms with Crippen LogP contribution in [0.2, 0.25) is 5.02 Å². The minimum atomic E-state index is 0.104. The summed E-state index contributed by atoms with van der Waals surface area (Å²) in [4.78, 5) is 14.4. The van der Waals surface area contributed by atoms with Gasteiger partial charge < -0.3 is 15.2 Å². The van der Waals surface area contributed by atoms with Crippen molar-refractivity contribution < 1.29 is 0 Å². The molecule has 2 N–H and O–H groups in total. The normalized spacial score (nSPS) is 19.1. The Kier molecular flexibility index (Phi) is 3.08. The van der Waals surface area contributed by atoms with Gasteiger partial charge in [0.25, 0.3) is 0 Å². The van der Waals surface area contributed by atoms with Gasteiger partial charge >= 0.3 is 0 Å². The average Bonchev–Trinajstić information content (AvgIpc) is 3.20. The molecule has 5 nitrogen and oxygen atoms in total. The molecule has 1 fully saturated rings. The Morgan fingerprint density at radius 1 is 1.12 bits per heavy atom. The van der Waals surface area contributed by atoms with Crippen LogP contribution in [0.5, 0.6) is 0 Å². The molecule has 122 valence electrons. The maximum atomic E-state index is 6.66.